The zero-order valence-electron chi connectivity index (χ0n) is 38.7. The predicted octanol–water partition coefficient (Wildman–Crippen LogP) is 6.88. The highest BCUT2D eigenvalue weighted by Crippen LogP contribution is 2.52. The Bertz CT molecular complexity index is 3330. The molecule has 0 radical (unpaired) electrons. The van der Waals surface area contributed by atoms with Crippen molar-refractivity contribution in [1.29, 1.82) is 0 Å². The minimum absolute atomic E-state index is 0.0809. The van der Waals surface area contributed by atoms with Gasteiger partial charge in [-0.05, 0) is 79.4 Å². The number of rotatable bonds is 19. The number of hydrogen-bond acceptors (Lipinski definition) is 10. The van der Waals surface area contributed by atoms with Crippen LogP contribution in [0.2, 0.25) is 0 Å². The smallest absolute Gasteiger partial charge is 0.295 e. The van der Waals surface area contributed by atoms with Gasteiger partial charge in [0.15, 0.2) is 5.71 Å². The Hall–Kier alpha value is -5.24. The highest BCUT2D eigenvalue weighted by Gasteiger charge is 2.46. The Morgan fingerprint density at radius 2 is 1.50 bits per heavy atom. The molecule has 0 spiro atoms. The fourth-order valence-electron chi connectivity index (χ4n) is 9.37. The summed E-state index contributed by atoms with van der Waals surface area (Å²) >= 11 is 0. The highest BCUT2D eigenvalue weighted by molar-refractivity contribution is 7.89. The summed E-state index contributed by atoms with van der Waals surface area (Å²) in [5.74, 6) is 1.58. The number of unbranched alkanes of at least 4 members (excludes halogenated alkanes) is 1. The number of fused-ring (bicyclic) bond motifs is 6. The second-order valence-corrected chi connectivity index (χ2v) is 24.3. The molecule has 68 heavy (non-hydrogen) atoms. The number of anilines is 1. The first-order valence-corrected chi connectivity index (χ1v) is 27.8. The summed E-state index contributed by atoms with van der Waals surface area (Å²) in [5, 5.41) is 4.06. The molecule has 0 saturated carbocycles. The van der Waals surface area contributed by atoms with Crippen LogP contribution in [-0.4, -0.2) is 107 Å². The average molecular weight is 1010 g/mol. The molecule has 4 aromatic rings. The fraction of sp³-hybridized carbons (Fsp3) is 0.375. The lowest BCUT2D eigenvalue weighted by Gasteiger charge is -2.27. The van der Waals surface area contributed by atoms with E-state index < -0.39 is 66.8 Å². The molecule has 1 amide bonds. The Labute approximate surface area is 399 Å². The van der Waals surface area contributed by atoms with Crippen molar-refractivity contribution in [2.75, 3.05) is 43.9 Å². The van der Waals surface area contributed by atoms with E-state index in [1.54, 1.807) is 24.3 Å². The van der Waals surface area contributed by atoms with Gasteiger partial charge in [-0.1, -0.05) is 69.5 Å². The number of benzene rings is 4. The monoisotopic (exact) mass is 1010 g/mol. The average Bonchev–Trinajstić information content (AvgIpc) is 3.60. The molecule has 2 heterocycles. The number of carbonyl (C=O) groups is 1. The third kappa shape index (κ3) is 10.5. The number of hydrogen-bond donors (Lipinski definition) is 4. The summed E-state index contributed by atoms with van der Waals surface area (Å²) in [6.45, 7) is 10.8. The Morgan fingerprint density at radius 3 is 2.15 bits per heavy atom. The van der Waals surface area contributed by atoms with Crippen LogP contribution < -0.4 is 10.2 Å². The van der Waals surface area contributed by atoms with Crippen LogP contribution in [0.1, 0.15) is 77.8 Å². The molecule has 0 aliphatic carbocycles. The van der Waals surface area contributed by atoms with Crippen LogP contribution in [0.5, 0.6) is 0 Å². The number of nitrogens with one attached hydrogen (secondary N) is 1. The molecule has 6 rings (SSSR count). The normalized spacial score (nSPS) is 16.7. The number of carbonyl (C=O) groups excluding carboxylic acids is 1. The van der Waals surface area contributed by atoms with Crippen molar-refractivity contribution >= 4 is 84.9 Å². The van der Waals surface area contributed by atoms with Gasteiger partial charge in [-0.2, -0.15) is 29.8 Å². The van der Waals surface area contributed by atoms with Crippen molar-refractivity contribution in [2.24, 2.45) is 0 Å². The van der Waals surface area contributed by atoms with Crippen LogP contribution in [0.4, 0.5) is 11.4 Å². The summed E-state index contributed by atoms with van der Waals surface area (Å²) in [6, 6.07) is 13.8. The lowest BCUT2D eigenvalue weighted by atomic mass is 9.79. The van der Waals surface area contributed by atoms with Gasteiger partial charge in [-0.25, -0.2) is 12.7 Å². The first-order chi connectivity index (χ1) is 31.7. The van der Waals surface area contributed by atoms with Gasteiger partial charge in [0.05, 0.1) is 27.5 Å². The maximum absolute atomic E-state index is 14.1. The predicted molar refractivity (Wildman–Crippen MR) is 264 cm³/mol. The minimum atomic E-state index is -4.91. The molecular weight excluding hydrogens is 953 g/mol. The van der Waals surface area contributed by atoms with Crippen LogP contribution in [0, 0.1) is 12.3 Å². The van der Waals surface area contributed by atoms with E-state index in [9.17, 15) is 52.1 Å². The van der Waals surface area contributed by atoms with Crippen molar-refractivity contribution in [3.63, 3.8) is 0 Å². The van der Waals surface area contributed by atoms with Gasteiger partial charge >= 0.3 is 0 Å². The van der Waals surface area contributed by atoms with Gasteiger partial charge < -0.3 is 10.2 Å². The zero-order valence-corrected chi connectivity index (χ0v) is 42.0. The lowest BCUT2D eigenvalue weighted by Crippen LogP contribution is -2.30. The van der Waals surface area contributed by atoms with E-state index in [-0.39, 0.29) is 60.5 Å². The lowest BCUT2D eigenvalue weighted by molar-refractivity contribution is -0.437. The standard InChI is InChI=1S/C48H56N4O12S4/c1-8-10-28-51-39-25-23-35-37(31-33(67(59,60)61)32-41(35)68(62,63)64)46(39)48(5,6)43(51)20-13-11-12-19-42-47(3,4)45-36-17-14-18-40(66(57,58)50(7)27-15-21-44(53)49-26-9-2)34(36)22-24-38(45)52(42)29-16-30-65(54,55)56/h2,11-14,17-20,22-25,31-32H,8,10,15-16,21,26-30H2,1,3-7H3,(H3-,49,53,54,55,56,59,60,61,62,63,64)/p+1. The van der Waals surface area contributed by atoms with E-state index in [1.165, 1.54) is 23.5 Å². The summed E-state index contributed by atoms with van der Waals surface area (Å²) in [6.07, 6.45) is 16.6. The van der Waals surface area contributed by atoms with Crippen molar-refractivity contribution in [1.82, 2.24) is 9.62 Å². The van der Waals surface area contributed by atoms with E-state index in [0.29, 0.717) is 28.6 Å². The third-order valence-electron chi connectivity index (χ3n) is 12.5. The van der Waals surface area contributed by atoms with Crippen LogP contribution in [-0.2, 0) is 56.0 Å². The SMILES string of the molecule is C#CCNC(=O)CCCN(C)S(=O)(=O)c1cccc2c3c(ccc12)[N+](CCCS(=O)(=O)O)=C(/C=C/C=C/C=C1/N(CCCC)c2ccc4c(S(=O)(=O)O)cc(S(=O)(=O)O)cc4c2C1(C)C)C3(C)C. The molecule has 0 aromatic heterocycles. The van der Waals surface area contributed by atoms with E-state index in [4.69, 9.17) is 6.42 Å². The van der Waals surface area contributed by atoms with Gasteiger partial charge in [-0.3, -0.25) is 18.5 Å². The fourth-order valence-corrected chi connectivity index (χ4v) is 12.6. The summed E-state index contributed by atoms with van der Waals surface area (Å²) < 4.78 is 135. The molecule has 4 N–H and O–H groups in total. The molecule has 0 fully saturated rings. The number of allylic oxidation sites excluding steroid dienone is 6. The van der Waals surface area contributed by atoms with Crippen LogP contribution in [0.15, 0.2) is 105 Å². The molecule has 4 aromatic carbocycles. The van der Waals surface area contributed by atoms with Crippen LogP contribution >= 0.6 is 0 Å². The maximum atomic E-state index is 14.1. The number of sulfonamides is 1. The zero-order chi connectivity index (χ0) is 50.2. The molecule has 0 unspecified atom stereocenters. The number of amides is 1. The molecule has 2 aliphatic rings. The van der Waals surface area contributed by atoms with Crippen LogP contribution in [0.25, 0.3) is 21.5 Å². The van der Waals surface area contributed by atoms with E-state index in [0.717, 1.165) is 41.6 Å². The third-order valence-corrected chi connectivity index (χ3v) is 17.0. The topological polar surface area (TPSA) is 236 Å². The first kappa shape index (κ1) is 52.1. The number of nitrogens with zero attached hydrogens (tertiary/aromatic N) is 3. The van der Waals surface area contributed by atoms with Crippen molar-refractivity contribution in [3.8, 4) is 12.3 Å². The van der Waals surface area contributed by atoms with Crippen molar-refractivity contribution in [2.45, 2.75) is 92.2 Å². The number of terminal acetylenes is 1. The summed E-state index contributed by atoms with van der Waals surface area (Å²) in [4.78, 5) is 12.9. The minimum Gasteiger partial charge on any atom is -0.345 e. The second-order valence-electron chi connectivity index (χ2n) is 17.9. The molecule has 16 nitrogen and oxygen atoms in total. The van der Waals surface area contributed by atoms with E-state index >= 15 is 0 Å². The molecule has 0 bridgehead atoms. The molecule has 0 saturated heterocycles. The quantitative estimate of drug-likeness (QED) is 0.0325. The first-order valence-electron chi connectivity index (χ1n) is 21.9. The van der Waals surface area contributed by atoms with E-state index in [1.807, 2.05) is 81.7 Å². The van der Waals surface area contributed by atoms with Gasteiger partial charge in [0, 0.05) is 78.3 Å². The van der Waals surface area contributed by atoms with Gasteiger partial charge in [0.1, 0.15) is 11.4 Å². The molecule has 364 valence electrons. The summed E-state index contributed by atoms with van der Waals surface area (Å²) in [5.41, 5.74) is 2.84. The van der Waals surface area contributed by atoms with Crippen molar-refractivity contribution in [3.05, 3.63) is 102 Å². The largest absolute Gasteiger partial charge is 0.345 e. The molecular formula is C48H57N4O12S4+. The van der Waals surface area contributed by atoms with E-state index in [2.05, 4.69) is 16.1 Å². The second kappa shape index (κ2) is 19.6. The van der Waals surface area contributed by atoms with Gasteiger partial charge in [0.2, 0.25) is 21.6 Å². The molecule has 20 heteroatoms. The Balaban J connectivity index is 1.39. The molecule has 2 aliphatic heterocycles. The Morgan fingerprint density at radius 1 is 0.809 bits per heavy atom. The van der Waals surface area contributed by atoms with Gasteiger partial charge in [0.25, 0.3) is 30.4 Å². The molecule has 0 atom stereocenters. The van der Waals surface area contributed by atoms with Crippen molar-refractivity contribution < 1.29 is 56.7 Å². The van der Waals surface area contributed by atoms with Crippen LogP contribution in [0.3, 0.4) is 0 Å². The van der Waals surface area contributed by atoms with Gasteiger partial charge in [-0.15, -0.1) is 6.42 Å². The Kier molecular flexibility index (Phi) is 15.1. The maximum Gasteiger partial charge on any atom is 0.295 e. The summed E-state index contributed by atoms with van der Waals surface area (Å²) in [7, 11) is -16.6. The highest BCUT2D eigenvalue weighted by atomic mass is 32.2.